The average molecular weight is 465 g/mol. The highest BCUT2D eigenvalue weighted by atomic mass is 16.5. The van der Waals surface area contributed by atoms with E-state index in [1.54, 1.807) is 0 Å². The largest absolute Gasteiger partial charge is 0.508 e. The Labute approximate surface area is 201 Å². The molecule has 0 bridgehead atoms. The molecule has 0 saturated heterocycles. The number of ether oxygens (including phenoxy) is 1. The van der Waals surface area contributed by atoms with Crippen LogP contribution in [-0.2, 0) is 9.53 Å². The van der Waals surface area contributed by atoms with Crippen molar-refractivity contribution in [2.45, 2.75) is 123 Å². The number of carboxylic acid groups (broad SMARTS) is 1. The molecule has 33 heavy (non-hydrogen) atoms. The fourth-order valence-corrected chi connectivity index (χ4v) is 3.52. The minimum Gasteiger partial charge on any atom is -0.508 e. The van der Waals surface area contributed by atoms with Crippen LogP contribution in [0.3, 0.4) is 0 Å². The molecule has 0 aromatic heterocycles. The first-order valence-corrected chi connectivity index (χ1v) is 13.2. The van der Waals surface area contributed by atoms with Gasteiger partial charge in [0.2, 0.25) is 0 Å². The van der Waals surface area contributed by atoms with Gasteiger partial charge in [-0.3, -0.25) is 4.79 Å². The van der Waals surface area contributed by atoms with Gasteiger partial charge in [0.05, 0.1) is 12.2 Å². The van der Waals surface area contributed by atoms with Crippen molar-refractivity contribution in [3.05, 3.63) is 29.8 Å². The van der Waals surface area contributed by atoms with Crippen molar-refractivity contribution in [1.82, 2.24) is 0 Å². The second-order valence-corrected chi connectivity index (χ2v) is 8.78. The third-order valence-corrected chi connectivity index (χ3v) is 5.53. The Morgan fingerprint density at radius 1 is 0.667 bits per heavy atom. The van der Waals surface area contributed by atoms with Gasteiger partial charge < -0.3 is 14.9 Å². The number of carboxylic acids is 1. The molecular weight excluding hydrogens is 416 g/mol. The van der Waals surface area contributed by atoms with Gasteiger partial charge in [-0.25, -0.2) is 4.79 Å². The fraction of sp³-hybridized carbons (Fsp3) is 0.714. The highest BCUT2D eigenvalue weighted by molar-refractivity contribution is 5.89. The summed E-state index contributed by atoms with van der Waals surface area (Å²) in [5, 5.41) is 17.5. The molecule has 0 heterocycles. The zero-order valence-electron chi connectivity index (χ0n) is 21.2. The molecule has 0 spiro atoms. The van der Waals surface area contributed by atoms with Crippen LogP contribution in [0.1, 0.15) is 133 Å². The summed E-state index contributed by atoms with van der Waals surface area (Å²) in [6.07, 6.45) is 21.0. The number of hydrogen-bond donors (Lipinski definition) is 2. The van der Waals surface area contributed by atoms with Gasteiger partial charge in [-0.2, -0.15) is 0 Å². The van der Waals surface area contributed by atoms with E-state index in [-0.39, 0.29) is 11.7 Å². The molecule has 0 saturated carbocycles. The molecule has 0 fully saturated rings. The van der Waals surface area contributed by atoms with E-state index in [2.05, 4.69) is 6.92 Å². The zero-order chi connectivity index (χ0) is 24.6. The Balaban J connectivity index is 0.000000676. The Morgan fingerprint density at radius 3 is 1.48 bits per heavy atom. The minimum atomic E-state index is -0.653. The molecule has 0 aliphatic heterocycles. The Kier molecular flexibility index (Phi) is 21.7. The maximum atomic E-state index is 11.2. The molecule has 1 rings (SSSR count). The smallest absolute Gasteiger partial charge is 0.338 e. The summed E-state index contributed by atoms with van der Waals surface area (Å²) in [7, 11) is 0. The van der Waals surface area contributed by atoms with Crippen LogP contribution in [0.2, 0.25) is 0 Å². The van der Waals surface area contributed by atoms with Gasteiger partial charge in [0.15, 0.2) is 0 Å². The summed E-state index contributed by atoms with van der Waals surface area (Å²) in [6.45, 7) is 4.63. The Hall–Kier alpha value is -2.04. The van der Waals surface area contributed by atoms with Gasteiger partial charge in [0.25, 0.3) is 0 Å². The highest BCUT2D eigenvalue weighted by Gasteiger charge is 2.05. The summed E-state index contributed by atoms with van der Waals surface area (Å²) >= 11 is 0. The van der Waals surface area contributed by atoms with E-state index < -0.39 is 5.97 Å². The van der Waals surface area contributed by atoms with E-state index in [1.807, 2.05) is 6.92 Å². The third-order valence-electron chi connectivity index (χ3n) is 5.53. The summed E-state index contributed by atoms with van der Waals surface area (Å²) in [5.74, 6) is -0.853. The Morgan fingerprint density at radius 2 is 1.09 bits per heavy atom. The van der Waals surface area contributed by atoms with E-state index in [4.69, 9.17) is 14.9 Å². The maximum Gasteiger partial charge on any atom is 0.338 e. The lowest BCUT2D eigenvalue weighted by Crippen LogP contribution is -2.05. The predicted octanol–water partition coefficient (Wildman–Crippen LogP) is 8.29. The van der Waals surface area contributed by atoms with Crippen molar-refractivity contribution in [3.8, 4) is 5.75 Å². The van der Waals surface area contributed by atoms with Crippen molar-refractivity contribution in [2.24, 2.45) is 0 Å². The van der Waals surface area contributed by atoms with Gasteiger partial charge in [0, 0.05) is 6.42 Å². The quantitative estimate of drug-likeness (QED) is 0.159. The lowest BCUT2D eigenvalue weighted by atomic mass is 10.0. The second-order valence-electron chi connectivity index (χ2n) is 8.78. The molecule has 5 nitrogen and oxygen atoms in total. The van der Waals surface area contributed by atoms with Gasteiger partial charge in [-0.15, -0.1) is 0 Å². The molecule has 5 heteroatoms. The van der Waals surface area contributed by atoms with Crippen molar-refractivity contribution in [3.63, 3.8) is 0 Å². The second kappa shape index (κ2) is 23.1. The number of phenolic OH excluding ortho intramolecular Hbond substituents is 1. The van der Waals surface area contributed by atoms with Crippen LogP contribution in [0.25, 0.3) is 0 Å². The molecular formula is C28H48O5. The molecule has 0 aliphatic carbocycles. The first kappa shape index (κ1) is 31.0. The van der Waals surface area contributed by atoms with Gasteiger partial charge in [-0.1, -0.05) is 104 Å². The summed E-state index contributed by atoms with van der Waals surface area (Å²) < 4.78 is 4.90. The van der Waals surface area contributed by atoms with Gasteiger partial charge in [-0.05, 0) is 37.1 Å². The lowest BCUT2D eigenvalue weighted by Gasteiger charge is -2.03. The average Bonchev–Trinajstić information content (AvgIpc) is 2.80. The van der Waals surface area contributed by atoms with E-state index in [1.165, 1.54) is 108 Å². The standard InChI is InChI=1S/C18H36O2.C10H12O3/c1-2-3-4-5-6-7-8-9-10-11-12-13-14-15-16-17-18(19)20;1-2-7-13-10(12)8-3-5-9(11)6-4-8/h2-17H2,1H3,(H,19,20);3-6,11H,2,7H2,1H3. The molecule has 2 N–H and O–H groups in total. The van der Waals surface area contributed by atoms with Crippen LogP contribution in [0, 0.1) is 0 Å². The lowest BCUT2D eigenvalue weighted by molar-refractivity contribution is -0.137. The predicted molar refractivity (Wildman–Crippen MR) is 136 cm³/mol. The first-order chi connectivity index (χ1) is 16.0. The molecule has 0 atom stereocenters. The van der Waals surface area contributed by atoms with Gasteiger partial charge >= 0.3 is 11.9 Å². The number of phenols is 1. The van der Waals surface area contributed by atoms with Crippen LogP contribution in [0.4, 0.5) is 0 Å². The number of carbonyl (C=O) groups is 2. The molecule has 1 aromatic carbocycles. The molecule has 0 aliphatic rings. The van der Waals surface area contributed by atoms with E-state index in [0.29, 0.717) is 18.6 Å². The topological polar surface area (TPSA) is 83.8 Å². The maximum absolute atomic E-state index is 11.2. The monoisotopic (exact) mass is 464 g/mol. The number of carbonyl (C=O) groups excluding carboxylic acids is 1. The van der Waals surface area contributed by atoms with Crippen molar-refractivity contribution < 1.29 is 24.5 Å². The van der Waals surface area contributed by atoms with Crippen LogP contribution in [0.15, 0.2) is 24.3 Å². The first-order valence-electron chi connectivity index (χ1n) is 13.2. The van der Waals surface area contributed by atoms with E-state index >= 15 is 0 Å². The van der Waals surface area contributed by atoms with Gasteiger partial charge in [0.1, 0.15) is 5.75 Å². The summed E-state index contributed by atoms with van der Waals surface area (Å²) in [4.78, 5) is 21.5. The molecule has 0 radical (unpaired) electrons. The summed E-state index contributed by atoms with van der Waals surface area (Å²) in [6, 6.07) is 5.99. The zero-order valence-corrected chi connectivity index (χ0v) is 21.2. The highest BCUT2D eigenvalue weighted by Crippen LogP contribution is 2.14. The molecule has 0 amide bonds. The summed E-state index contributed by atoms with van der Waals surface area (Å²) in [5.41, 5.74) is 0.464. The van der Waals surface area contributed by atoms with Crippen molar-refractivity contribution >= 4 is 11.9 Å². The number of hydrogen-bond acceptors (Lipinski definition) is 4. The number of unbranched alkanes of at least 4 members (excludes halogenated alkanes) is 14. The Bertz CT molecular complexity index is 582. The number of esters is 1. The molecule has 0 unspecified atom stereocenters. The number of benzene rings is 1. The fourth-order valence-electron chi connectivity index (χ4n) is 3.52. The van der Waals surface area contributed by atoms with Crippen LogP contribution >= 0.6 is 0 Å². The van der Waals surface area contributed by atoms with Crippen LogP contribution in [-0.4, -0.2) is 28.8 Å². The molecule has 190 valence electrons. The SMILES string of the molecule is CCCCCCCCCCCCCCCCCC(=O)O.CCCOC(=O)c1ccc(O)cc1. The minimum absolute atomic E-state index is 0.145. The number of aliphatic carboxylic acids is 1. The van der Waals surface area contributed by atoms with Crippen molar-refractivity contribution in [2.75, 3.05) is 6.61 Å². The van der Waals surface area contributed by atoms with E-state index in [0.717, 1.165) is 19.3 Å². The molecule has 1 aromatic rings. The third kappa shape index (κ3) is 21.6. The van der Waals surface area contributed by atoms with Crippen LogP contribution < -0.4 is 0 Å². The number of rotatable bonds is 19. The van der Waals surface area contributed by atoms with E-state index in [9.17, 15) is 9.59 Å². The number of aromatic hydroxyl groups is 1. The van der Waals surface area contributed by atoms with Crippen molar-refractivity contribution in [1.29, 1.82) is 0 Å². The normalized spacial score (nSPS) is 10.4. The van der Waals surface area contributed by atoms with Crippen LogP contribution in [0.5, 0.6) is 5.75 Å².